The van der Waals surface area contributed by atoms with E-state index in [4.69, 9.17) is 9.47 Å². The fourth-order valence-electron chi connectivity index (χ4n) is 2.68. The van der Waals surface area contributed by atoms with E-state index in [0.717, 1.165) is 25.0 Å². The molecule has 4 unspecified atom stereocenters. The molecule has 0 aromatic heterocycles. The van der Waals surface area contributed by atoms with Crippen molar-refractivity contribution in [1.82, 2.24) is 0 Å². The Labute approximate surface area is 157 Å². The molecule has 0 bridgehead atoms. The summed E-state index contributed by atoms with van der Waals surface area (Å²) in [5.41, 5.74) is 0. The lowest BCUT2D eigenvalue weighted by molar-refractivity contribution is -0.143. The second-order valence-corrected chi connectivity index (χ2v) is 6.64. The minimum absolute atomic E-state index is 0.107. The molecule has 4 atom stereocenters. The Kier molecular flexibility index (Phi) is 13.9. The summed E-state index contributed by atoms with van der Waals surface area (Å²) in [6.07, 6.45) is 5.56. The molecule has 0 radical (unpaired) electrons. The Morgan fingerprint density at radius 2 is 1.12 bits per heavy atom. The number of carbonyl (C=O) groups excluding carboxylic acids is 2. The predicted octanol–water partition coefficient (Wildman–Crippen LogP) is 3.00. The summed E-state index contributed by atoms with van der Waals surface area (Å²) < 4.78 is 10.2. The zero-order valence-electron chi connectivity index (χ0n) is 16.6. The van der Waals surface area contributed by atoms with E-state index in [1.165, 1.54) is 0 Å². The van der Waals surface area contributed by atoms with Crippen molar-refractivity contribution in [2.45, 2.75) is 78.4 Å². The highest BCUT2D eigenvalue weighted by Gasteiger charge is 2.19. The fourth-order valence-corrected chi connectivity index (χ4v) is 2.68. The van der Waals surface area contributed by atoms with Crippen LogP contribution in [0, 0.1) is 11.8 Å². The van der Waals surface area contributed by atoms with E-state index in [0.29, 0.717) is 25.7 Å². The van der Waals surface area contributed by atoms with Crippen molar-refractivity contribution in [1.29, 1.82) is 0 Å². The largest absolute Gasteiger partial charge is 0.462 e. The van der Waals surface area contributed by atoms with Crippen molar-refractivity contribution in [3.05, 3.63) is 12.2 Å². The van der Waals surface area contributed by atoms with Crippen LogP contribution in [0.15, 0.2) is 12.2 Å². The van der Waals surface area contributed by atoms with Gasteiger partial charge in [0.1, 0.15) is 0 Å². The Balaban J connectivity index is 4.27. The highest BCUT2D eigenvalue weighted by molar-refractivity contribution is 5.91. The van der Waals surface area contributed by atoms with Crippen LogP contribution in [0.2, 0.25) is 0 Å². The molecular formula is C20H36O6. The average Bonchev–Trinajstić information content (AvgIpc) is 2.61. The summed E-state index contributed by atoms with van der Waals surface area (Å²) in [7, 11) is 0. The lowest BCUT2D eigenvalue weighted by Crippen LogP contribution is -2.26. The molecule has 2 N–H and O–H groups in total. The minimum atomic E-state index is -0.637. The van der Waals surface area contributed by atoms with Crippen LogP contribution in [0.25, 0.3) is 0 Å². The molecule has 26 heavy (non-hydrogen) atoms. The van der Waals surface area contributed by atoms with Crippen molar-refractivity contribution in [3.8, 4) is 0 Å². The van der Waals surface area contributed by atoms with Crippen LogP contribution in [0.3, 0.4) is 0 Å². The minimum Gasteiger partial charge on any atom is -0.462 e. The van der Waals surface area contributed by atoms with Gasteiger partial charge in [0.05, 0.1) is 25.4 Å². The van der Waals surface area contributed by atoms with Crippen molar-refractivity contribution in [3.63, 3.8) is 0 Å². The first-order chi connectivity index (χ1) is 12.4. The van der Waals surface area contributed by atoms with Gasteiger partial charge in [0.25, 0.3) is 0 Å². The number of carbonyl (C=O) groups is 2. The first-order valence-electron chi connectivity index (χ1n) is 9.77. The summed E-state index contributed by atoms with van der Waals surface area (Å²) in [6, 6.07) is 0. The molecule has 0 fully saturated rings. The summed E-state index contributed by atoms with van der Waals surface area (Å²) in [4.78, 5) is 23.4. The SMILES string of the molecule is CCCC(O)C(CC)COC(=O)C=CC(=O)OCC(CC)C(O)CCC. The molecule has 0 aliphatic carbocycles. The Morgan fingerprint density at radius 1 is 0.769 bits per heavy atom. The number of rotatable bonds is 14. The maximum Gasteiger partial charge on any atom is 0.331 e. The van der Waals surface area contributed by atoms with E-state index >= 15 is 0 Å². The summed E-state index contributed by atoms with van der Waals surface area (Å²) in [5.74, 6) is -1.49. The van der Waals surface area contributed by atoms with Crippen molar-refractivity contribution < 1.29 is 29.3 Å². The van der Waals surface area contributed by atoms with Crippen LogP contribution in [-0.4, -0.2) is 47.6 Å². The monoisotopic (exact) mass is 372 g/mol. The molecule has 6 nitrogen and oxygen atoms in total. The zero-order chi connectivity index (χ0) is 19.9. The molecule has 0 aliphatic rings. The van der Waals surface area contributed by atoms with Crippen molar-refractivity contribution in [2.75, 3.05) is 13.2 Å². The van der Waals surface area contributed by atoms with E-state index in [9.17, 15) is 19.8 Å². The van der Waals surface area contributed by atoms with Gasteiger partial charge in [-0.25, -0.2) is 9.59 Å². The lowest BCUT2D eigenvalue weighted by Gasteiger charge is -2.20. The normalized spacial score (nSPS) is 16.1. The van der Waals surface area contributed by atoms with Gasteiger partial charge >= 0.3 is 11.9 Å². The molecule has 0 aliphatic heterocycles. The molecule has 0 aromatic carbocycles. The van der Waals surface area contributed by atoms with E-state index in [1.807, 2.05) is 27.7 Å². The number of aliphatic hydroxyl groups excluding tert-OH is 2. The highest BCUT2D eigenvalue weighted by atomic mass is 16.5. The molecule has 0 saturated heterocycles. The van der Waals surface area contributed by atoms with Crippen LogP contribution in [-0.2, 0) is 19.1 Å². The third kappa shape index (κ3) is 10.6. The predicted molar refractivity (Wildman–Crippen MR) is 100 cm³/mol. The lowest BCUT2D eigenvalue weighted by atomic mass is 9.97. The second kappa shape index (κ2) is 14.7. The maximum atomic E-state index is 11.7. The van der Waals surface area contributed by atoms with Gasteiger partial charge in [0.2, 0.25) is 0 Å². The average molecular weight is 373 g/mol. The molecular weight excluding hydrogens is 336 g/mol. The Bertz CT molecular complexity index is 383. The first kappa shape index (κ1) is 24.6. The quantitative estimate of drug-likeness (QED) is 0.360. The molecule has 0 amide bonds. The van der Waals surface area contributed by atoms with Gasteiger partial charge < -0.3 is 19.7 Å². The van der Waals surface area contributed by atoms with Crippen molar-refractivity contribution in [2.24, 2.45) is 11.8 Å². The standard InChI is InChI=1S/C20H36O6/c1-5-9-17(21)15(7-3)13-25-19(23)11-12-20(24)26-14-16(8-4)18(22)10-6-2/h11-12,15-18,21-22H,5-10,13-14H2,1-4H3. The maximum absolute atomic E-state index is 11.7. The van der Waals surface area contributed by atoms with Gasteiger partial charge in [-0.05, 0) is 25.7 Å². The van der Waals surface area contributed by atoms with Crippen LogP contribution in [0.1, 0.15) is 66.2 Å². The number of ether oxygens (including phenoxy) is 2. The topological polar surface area (TPSA) is 93.1 Å². The smallest absolute Gasteiger partial charge is 0.331 e. The summed E-state index contributed by atoms with van der Waals surface area (Å²) in [6.45, 7) is 8.08. The number of hydrogen-bond acceptors (Lipinski definition) is 6. The summed E-state index contributed by atoms with van der Waals surface area (Å²) in [5, 5.41) is 19.9. The van der Waals surface area contributed by atoms with Crippen LogP contribution in [0.5, 0.6) is 0 Å². The van der Waals surface area contributed by atoms with Gasteiger partial charge in [0.15, 0.2) is 0 Å². The third-order valence-corrected chi connectivity index (χ3v) is 4.54. The van der Waals surface area contributed by atoms with Crippen LogP contribution >= 0.6 is 0 Å². The molecule has 152 valence electrons. The van der Waals surface area contributed by atoms with Crippen LogP contribution in [0.4, 0.5) is 0 Å². The summed E-state index contributed by atoms with van der Waals surface area (Å²) >= 11 is 0. The fraction of sp³-hybridized carbons (Fsp3) is 0.800. The Morgan fingerprint density at radius 3 is 1.38 bits per heavy atom. The third-order valence-electron chi connectivity index (χ3n) is 4.54. The van der Waals surface area contributed by atoms with E-state index in [1.54, 1.807) is 0 Å². The number of hydrogen-bond donors (Lipinski definition) is 2. The molecule has 0 heterocycles. The highest BCUT2D eigenvalue weighted by Crippen LogP contribution is 2.15. The molecule has 0 saturated carbocycles. The Hall–Kier alpha value is -1.40. The number of aliphatic hydroxyl groups is 2. The first-order valence-corrected chi connectivity index (χ1v) is 9.77. The van der Waals surface area contributed by atoms with E-state index < -0.39 is 24.1 Å². The van der Waals surface area contributed by atoms with Gasteiger partial charge in [-0.2, -0.15) is 0 Å². The van der Waals surface area contributed by atoms with Crippen LogP contribution < -0.4 is 0 Å². The molecule has 6 heteroatoms. The number of esters is 2. The van der Waals surface area contributed by atoms with Gasteiger partial charge in [-0.3, -0.25) is 0 Å². The zero-order valence-corrected chi connectivity index (χ0v) is 16.6. The van der Waals surface area contributed by atoms with E-state index in [-0.39, 0.29) is 25.0 Å². The van der Waals surface area contributed by atoms with Gasteiger partial charge in [0, 0.05) is 24.0 Å². The van der Waals surface area contributed by atoms with Gasteiger partial charge in [-0.15, -0.1) is 0 Å². The molecule has 0 rings (SSSR count). The molecule has 0 spiro atoms. The van der Waals surface area contributed by atoms with E-state index in [2.05, 4.69) is 0 Å². The van der Waals surface area contributed by atoms with Gasteiger partial charge in [-0.1, -0.05) is 40.5 Å². The van der Waals surface area contributed by atoms with Crippen molar-refractivity contribution >= 4 is 11.9 Å². The molecule has 0 aromatic rings. The second-order valence-electron chi connectivity index (χ2n) is 6.64.